The first-order valence-corrected chi connectivity index (χ1v) is 12.2. The van der Waals surface area contributed by atoms with Crippen LogP contribution >= 0.6 is 46.5 Å². The summed E-state index contributed by atoms with van der Waals surface area (Å²) in [6.07, 6.45) is 0. The smallest absolute Gasteiger partial charge is 0.352 e. The summed E-state index contributed by atoms with van der Waals surface area (Å²) in [7, 11) is 0. The molecule has 32 heavy (non-hydrogen) atoms. The van der Waals surface area contributed by atoms with Crippen molar-refractivity contribution >= 4 is 64.2 Å². The van der Waals surface area contributed by atoms with Crippen LogP contribution in [0.3, 0.4) is 0 Å². The highest BCUT2D eigenvalue weighted by Gasteiger charge is 2.54. The van der Waals surface area contributed by atoms with Crippen molar-refractivity contribution in [3.8, 4) is 0 Å². The second-order valence-electron chi connectivity index (χ2n) is 6.74. The van der Waals surface area contributed by atoms with Gasteiger partial charge in [-0.3, -0.25) is 14.5 Å². The number of nitrogens with one attached hydrogen (secondary N) is 1. The zero-order chi connectivity index (χ0) is 23.2. The van der Waals surface area contributed by atoms with E-state index in [1.807, 2.05) is 6.92 Å². The van der Waals surface area contributed by atoms with Crippen LogP contribution in [-0.2, 0) is 9.59 Å². The van der Waals surface area contributed by atoms with Gasteiger partial charge in [0.25, 0.3) is 11.8 Å². The fraction of sp³-hybridized carbons (Fsp3) is 0.278. The summed E-state index contributed by atoms with van der Waals surface area (Å²) in [4.78, 5) is 38.2. The van der Waals surface area contributed by atoms with E-state index in [2.05, 4.69) is 15.5 Å². The molecule has 4 rings (SSSR count). The lowest BCUT2D eigenvalue weighted by atomic mass is 10.0. The fourth-order valence-electron chi connectivity index (χ4n) is 3.20. The zero-order valence-electron chi connectivity index (χ0n) is 16.1. The lowest BCUT2D eigenvalue weighted by Gasteiger charge is -2.49. The summed E-state index contributed by atoms with van der Waals surface area (Å²) >= 11 is 9.84. The van der Waals surface area contributed by atoms with Gasteiger partial charge in [-0.1, -0.05) is 34.7 Å². The molecule has 168 valence electrons. The van der Waals surface area contributed by atoms with Gasteiger partial charge in [0.1, 0.15) is 22.1 Å². The largest absolute Gasteiger partial charge is 0.477 e. The molecule has 2 aromatic rings. The number of halogens is 3. The predicted octanol–water partition coefficient (Wildman–Crippen LogP) is 2.92. The van der Waals surface area contributed by atoms with E-state index in [0.29, 0.717) is 33.6 Å². The maximum Gasteiger partial charge on any atom is 0.352 e. The van der Waals surface area contributed by atoms with Crippen molar-refractivity contribution < 1.29 is 28.3 Å². The Kier molecular flexibility index (Phi) is 6.43. The van der Waals surface area contributed by atoms with Gasteiger partial charge in [0, 0.05) is 11.5 Å². The number of carboxylic acids is 1. The van der Waals surface area contributed by atoms with E-state index >= 15 is 0 Å². The van der Waals surface area contributed by atoms with Gasteiger partial charge in [-0.15, -0.1) is 22.0 Å². The van der Waals surface area contributed by atoms with Crippen molar-refractivity contribution in [1.29, 1.82) is 0 Å². The number of β-lactam (4-membered cyclic amide) rings is 1. The van der Waals surface area contributed by atoms with Crippen molar-refractivity contribution in [2.24, 2.45) is 0 Å². The number of amides is 2. The van der Waals surface area contributed by atoms with Crippen LogP contribution in [-0.4, -0.2) is 60.9 Å². The molecule has 1 aromatic heterocycles. The number of aromatic nitrogens is 2. The van der Waals surface area contributed by atoms with E-state index in [-0.39, 0.29) is 16.3 Å². The standard InChI is InChI=1S/C18H13ClF2N4O4S3/c1-6-23-24-18(32-6)31-5-7-4-30-16-12(15(27)25(16)13(7)17(28)29)22-14(26)8-2-10(20)11(21)3-9(8)19/h2-3,12,16H,4-5H2,1H3,(H,22,26)(H,28,29)/t12-,16-/m0/s1. The van der Waals surface area contributed by atoms with Crippen LogP contribution in [0.15, 0.2) is 27.7 Å². The summed E-state index contributed by atoms with van der Waals surface area (Å²) < 4.78 is 27.4. The molecule has 1 saturated heterocycles. The molecule has 1 fully saturated rings. The van der Waals surface area contributed by atoms with E-state index < -0.39 is 40.8 Å². The molecule has 2 N–H and O–H groups in total. The number of rotatable bonds is 6. The number of carbonyl (C=O) groups is 3. The molecule has 0 bridgehead atoms. The minimum absolute atomic E-state index is 0.121. The van der Waals surface area contributed by atoms with Crippen LogP contribution in [0.1, 0.15) is 15.4 Å². The molecule has 0 unspecified atom stereocenters. The van der Waals surface area contributed by atoms with Gasteiger partial charge >= 0.3 is 5.97 Å². The summed E-state index contributed by atoms with van der Waals surface area (Å²) in [6.45, 7) is 1.81. The second kappa shape index (κ2) is 8.96. The molecule has 3 heterocycles. The van der Waals surface area contributed by atoms with Crippen LogP contribution in [0, 0.1) is 18.6 Å². The highest BCUT2D eigenvalue weighted by molar-refractivity contribution is 8.01. The predicted molar refractivity (Wildman–Crippen MR) is 116 cm³/mol. The molecule has 1 aromatic carbocycles. The topological polar surface area (TPSA) is 112 Å². The number of aryl methyl sites for hydroxylation is 1. The Morgan fingerprint density at radius 3 is 2.72 bits per heavy atom. The van der Waals surface area contributed by atoms with Gasteiger partial charge in [0.15, 0.2) is 16.0 Å². The SMILES string of the molecule is Cc1nnc(SCC2=C(C(=O)O)N3C(=O)[C@H](NC(=O)c4cc(F)c(F)cc4Cl)[C@@H]3SC2)s1. The maximum atomic E-state index is 13.5. The Balaban J connectivity index is 1.50. The third kappa shape index (κ3) is 4.21. The highest BCUT2D eigenvalue weighted by atomic mass is 35.5. The number of fused-ring (bicyclic) bond motifs is 1. The molecule has 8 nitrogen and oxygen atoms in total. The Hall–Kier alpha value is -2.22. The van der Waals surface area contributed by atoms with Crippen LogP contribution < -0.4 is 5.32 Å². The third-order valence-corrected chi connectivity index (χ3v) is 8.38. The number of carboxylic acid groups (broad SMARTS) is 1. The van der Waals surface area contributed by atoms with Crippen molar-refractivity contribution in [2.45, 2.75) is 22.7 Å². The van der Waals surface area contributed by atoms with Crippen molar-refractivity contribution in [2.75, 3.05) is 11.5 Å². The number of hydrogen-bond acceptors (Lipinski definition) is 8. The Bertz CT molecular complexity index is 1180. The summed E-state index contributed by atoms with van der Waals surface area (Å²) in [5.74, 6) is -4.52. The zero-order valence-corrected chi connectivity index (χ0v) is 19.3. The van der Waals surface area contributed by atoms with Gasteiger partial charge in [-0.2, -0.15) is 0 Å². The van der Waals surface area contributed by atoms with Gasteiger partial charge in [0.05, 0.1) is 10.6 Å². The molecule has 14 heteroatoms. The minimum atomic E-state index is -1.25. The van der Waals surface area contributed by atoms with E-state index in [1.54, 1.807) is 0 Å². The Morgan fingerprint density at radius 2 is 2.06 bits per heavy atom. The first-order chi connectivity index (χ1) is 15.2. The molecule has 0 radical (unpaired) electrons. The van der Waals surface area contributed by atoms with Crippen LogP contribution in [0.5, 0.6) is 0 Å². The van der Waals surface area contributed by atoms with Crippen LogP contribution in [0.4, 0.5) is 8.78 Å². The first kappa shape index (κ1) is 23.0. The lowest BCUT2D eigenvalue weighted by molar-refractivity contribution is -0.148. The van der Waals surface area contributed by atoms with E-state index in [1.165, 1.54) is 34.9 Å². The van der Waals surface area contributed by atoms with Crippen LogP contribution in [0.25, 0.3) is 0 Å². The number of nitrogens with zero attached hydrogens (tertiary/aromatic N) is 3. The van der Waals surface area contributed by atoms with Crippen molar-refractivity contribution in [3.05, 3.63) is 50.6 Å². The number of hydrogen-bond donors (Lipinski definition) is 2. The summed E-state index contributed by atoms with van der Waals surface area (Å²) in [5, 5.41) is 19.9. The van der Waals surface area contributed by atoms with Gasteiger partial charge in [-0.25, -0.2) is 13.6 Å². The van der Waals surface area contributed by atoms with E-state index in [0.717, 1.165) is 9.91 Å². The number of benzene rings is 1. The van der Waals surface area contributed by atoms with Gasteiger partial charge in [-0.05, 0) is 24.6 Å². The molecule has 2 amide bonds. The van der Waals surface area contributed by atoms with Gasteiger partial charge < -0.3 is 10.4 Å². The molecule has 2 aliphatic heterocycles. The second-order valence-corrected chi connectivity index (χ2v) is 10.7. The molecule has 0 spiro atoms. The van der Waals surface area contributed by atoms with Crippen LogP contribution in [0.2, 0.25) is 5.02 Å². The molecular formula is C18H13ClF2N4O4S3. The monoisotopic (exact) mass is 518 g/mol. The molecule has 2 aliphatic rings. The highest BCUT2D eigenvalue weighted by Crippen LogP contribution is 2.42. The maximum absolute atomic E-state index is 13.5. The van der Waals surface area contributed by atoms with E-state index in [9.17, 15) is 28.3 Å². The normalized spacial score (nSPS) is 20.1. The average molecular weight is 519 g/mol. The first-order valence-electron chi connectivity index (χ1n) is 8.95. The number of thioether (sulfide) groups is 2. The average Bonchev–Trinajstić information content (AvgIpc) is 3.17. The number of aliphatic carboxylic acids is 1. The molecule has 2 atom stereocenters. The Morgan fingerprint density at radius 1 is 1.34 bits per heavy atom. The quantitative estimate of drug-likeness (QED) is 0.341. The van der Waals surface area contributed by atoms with Crippen molar-refractivity contribution in [1.82, 2.24) is 20.4 Å². The summed E-state index contributed by atoms with van der Waals surface area (Å²) in [5.41, 5.74) is 0.110. The minimum Gasteiger partial charge on any atom is -0.477 e. The number of carbonyl (C=O) groups excluding carboxylic acids is 2. The van der Waals surface area contributed by atoms with Crippen molar-refractivity contribution in [3.63, 3.8) is 0 Å². The Labute approximate surface area is 197 Å². The molecule has 0 saturated carbocycles. The fourth-order valence-corrected chi connectivity index (χ4v) is 6.73. The lowest BCUT2D eigenvalue weighted by Crippen LogP contribution is -2.70. The molecular weight excluding hydrogens is 506 g/mol. The summed E-state index contributed by atoms with van der Waals surface area (Å²) in [6, 6.07) is 0.297. The molecule has 0 aliphatic carbocycles. The van der Waals surface area contributed by atoms with E-state index in [4.69, 9.17) is 11.6 Å². The third-order valence-electron chi connectivity index (χ3n) is 4.67. The van der Waals surface area contributed by atoms with Gasteiger partial charge in [0.2, 0.25) is 0 Å².